The van der Waals surface area contributed by atoms with E-state index in [4.69, 9.17) is 21.1 Å². The number of hydrogen-bond acceptors (Lipinski definition) is 4. The summed E-state index contributed by atoms with van der Waals surface area (Å²) in [5, 5.41) is 3.32. The maximum Gasteiger partial charge on any atom is 0.255 e. The minimum Gasteiger partial charge on any atom is -0.492 e. The molecule has 0 bridgehead atoms. The van der Waals surface area contributed by atoms with Crippen molar-refractivity contribution in [3.8, 4) is 5.75 Å². The molecule has 138 valence electrons. The van der Waals surface area contributed by atoms with Crippen molar-refractivity contribution in [1.82, 2.24) is 0 Å². The van der Waals surface area contributed by atoms with E-state index in [0.717, 1.165) is 36.5 Å². The summed E-state index contributed by atoms with van der Waals surface area (Å²) in [5.41, 5.74) is 2.28. The fourth-order valence-electron chi connectivity index (χ4n) is 2.76. The number of halogens is 2. The van der Waals surface area contributed by atoms with Gasteiger partial charge < -0.3 is 19.7 Å². The van der Waals surface area contributed by atoms with Gasteiger partial charge in [-0.1, -0.05) is 11.6 Å². The van der Waals surface area contributed by atoms with Crippen LogP contribution in [0.4, 0.5) is 11.4 Å². The first-order chi connectivity index (χ1) is 12.6. The largest absolute Gasteiger partial charge is 0.492 e. The molecule has 2 aromatic rings. The van der Waals surface area contributed by atoms with Crippen molar-refractivity contribution >= 4 is 44.8 Å². The van der Waals surface area contributed by atoms with Crippen LogP contribution in [0, 0.1) is 0 Å². The highest BCUT2D eigenvalue weighted by atomic mass is 79.9. The molecule has 1 heterocycles. The van der Waals surface area contributed by atoms with Crippen molar-refractivity contribution in [2.45, 2.75) is 6.92 Å². The zero-order chi connectivity index (χ0) is 18.5. The monoisotopic (exact) mass is 438 g/mol. The molecular formula is C19H20BrClN2O3. The standard InChI is InChI=1S/C19H20BrClN2O3/c1-2-26-18-6-3-13(11-16(18)21)19(24)22-14-4-5-17(15(20)12-14)23-7-9-25-10-8-23/h3-6,11-12H,2,7-10H2,1H3,(H,22,24). The molecule has 0 saturated carbocycles. The summed E-state index contributed by atoms with van der Waals surface area (Å²) >= 11 is 9.75. The molecule has 26 heavy (non-hydrogen) atoms. The number of hydrogen-bond donors (Lipinski definition) is 1. The number of carbonyl (C=O) groups is 1. The number of benzene rings is 2. The number of anilines is 2. The fraction of sp³-hybridized carbons (Fsp3) is 0.316. The Labute approximate surface area is 166 Å². The molecule has 1 amide bonds. The summed E-state index contributed by atoms with van der Waals surface area (Å²) in [4.78, 5) is 14.7. The highest BCUT2D eigenvalue weighted by Crippen LogP contribution is 2.30. The lowest BCUT2D eigenvalue weighted by atomic mass is 10.2. The van der Waals surface area contributed by atoms with Gasteiger partial charge in [0.05, 0.1) is 30.5 Å². The van der Waals surface area contributed by atoms with Crippen molar-refractivity contribution in [1.29, 1.82) is 0 Å². The van der Waals surface area contributed by atoms with Crippen LogP contribution in [0.25, 0.3) is 0 Å². The predicted octanol–water partition coefficient (Wildman–Crippen LogP) is 4.59. The maximum atomic E-state index is 12.5. The Hall–Kier alpha value is -1.76. The minimum atomic E-state index is -0.221. The van der Waals surface area contributed by atoms with E-state index >= 15 is 0 Å². The molecule has 0 radical (unpaired) electrons. The van der Waals surface area contributed by atoms with Gasteiger partial charge in [0, 0.05) is 28.8 Å². The van der Waals surface area contributed by atoms with E-state index in [0.29, 0.717) is 28.6 Å². The fourth-order valence-corrected chi connectivity index (χ4v) is 3.63. The normalized spacial score (nSPS) is 14.2. The Morgan fingerprint density at radius 2 is 2.04 bits per heavy atom. The molecule has 1 aliphatic heterocycles. The molecule has 1 fully saturated rings. The van der Waals surface area contributed by atoms with Crippen LogP contribution in [0.15, 0.2) is 40.9 Å². The van der Waals surface area contributed by atoms with Gasteiger partial charge in [-0.3, -0.25) is 4.79 Å². The molecule has 2 aromatic carbocycles. The van der Waals surface area contributed by atoms with Gasteiger partial charge in [-0.05, 0) is 59.3 Å². The SMILES string of the molecule is CCOc1ccc(C(=O)Nc2ccc(N3CCOCC3)c(Br)c2)cc1Cl. The first kappa shape index (κ1) is 19.0. The zero-order valence-electron chi connectivity index (χ0n) is 14.4. The number of morpholine rings is 1. The first-order valence-electron chi connectivity index (χ1n) is 8.44. The predicted molar refractivity (Wildman–Crippen MR) is 108 cm³/mol. The van der Waals surface area contributed by atoms with Crippen LogP contribution < -0.4 is 15.0 Å². The number of nitrogens with zero attached hydrogens (tertiary/aromatic N) is 1. The van der Waals surface area contributed by atoms with Crippen molar-refractivity contribution in [3.63, 3.8) is 0 Å². The molecule has 0 spiro atoms. The third kappa shape index (κ3) is 4.50. The Morgan fingerprint density at radius 1 is 1.27 bits per heavy atom. The third-order valence-corrected chi connectivity index (χ3v) is 4.98. The average Bonchev–Trinajstić information content (AvgIpc) is 2.64. The minimum absolute atomic E-state index is 0.221. The van der Waals surface area contributed by atoms with Gasteiger partial charge in [0.15, 0.2) is 0 Å². The Bertz CT molecular complexity index is 794. The number of nitrogens with one attached hydrogen (secondary N) is 1. The summed E-state index contributed by atoms with van der Waals surface area (Å²) in [5.74, 6) is 0.351. The van der Waals surface area contributed by atoms with E-state index < -0.39 is 0 Å². The number of amides is 1. The maximum absolute atomic E-state index is 12.5. The smallest absolute Gasteiger partial charge is 0.255 e. The van der Waals surface area contributed by atoms with Crippen molar-refractivity contribution < 1.29 is 14.3 Å². The topological polar surface area (TPSA) is 50.8 Å². The summed E-state index contributed by atoms with van der Waals surface area (Å²) < 4.78 is 11.7. The molecule has 5 nitrogen and oxygen atoms in total. The molecule has 0 unspecified atom stereocenters. The van der Waals surface area contributed by atoms with Crippen LogP contribution in [0.3, 0.4) is 0 Å². The van der Waals surface area contributed by atoms with E-state index in [9.17, 15) is 4.79 Å². The zero-order valence-corrected chi connectivity index (χ0v) is 16.8. The van der Waals surface area contributed by atoms with E-state index in [2.05, 4.69) is 26.1 Å². The molecule has 0 aromatic heterocycles. The van der Waals surface area contributed by atoms with Gasteiger partial charge in [-0.2, -0.15) is 0 Å². The summed E-state index contributed by atoms with van der Waals surface area (Å²) in [6.07, 6.45) is 0. The number of carbonyl (C=O) groups excluding carboxylic acids is 1. The Morgan fingerprint density at radius 3 is 2.69 bits per heavy atom. The summed E-state index contributed by atoms with van der Waals surface area (Å²) in [6, 6.07) is 10.8. The van der Waals surface area contributed by atoms with E-state index in [-0.39, 0.29) is 5.91 Å². The summed E-state index contributed by atoms with van der Waals surface area (Å²) in [7, 11) is 0. The quantitative estimate of drug-likeness (QED) is 0.740. The first-order valence-corrected chi connectivity index (χ1v) is 9.61. The molecule has 3 rings (SSSR count). The lowest BCUT2D eigenvalue weighted by Crippen LogP contribution is -2.36. The molecular weight excluding hydrogens is 420 g/mol. The van der Waals surface area contributed by atoms with Gasteiger partial charge >= 0.3 is 0 Å². The van der Waals surface area contributed by atoms with Gasteiger partial charge in [-0.15, -0.1) is 0 Å². The van der Waals surface area contributed by atoms with Crippen molar-refractivity contribution in [2.75, 3.05) is 43.1 Å². The van der Waals surface area contributed by atoms with Gasteiger partial charge in [-0.25, -0.2) is 0 Å². The molecule has 1 N–H and O–H groups in total. The molecule has 1 aliphatic rings. The third-order valence-electron chi connectivity index (χ3n) is 4.05. The van der Waals surface area contributed by atoms with Crippen LogP contribution >= 0.6 is 27.5 Å². The molecule has 0 aliphatic carbocycles. The Balaban J connectivity index is 1.71. The molecule has 7 heteroatoms. The lowest BCUT2D eigenvalue weighted by Gasteiger charge is -2.29. The van der Waals surface area contributed by atoms with Crippen molar-refractivity contribution in [3.05, 3.63) is 51.5 Å². The number of rotatable bonds is 5. The van der Waals surface area contributed by atoms with Crippen LogP contribution in [-0.2, 0) is 4.74 Å². The summed E-state index contributed by atoms with van der Waals surface area (Å²) in [6.45, 7) is 5.57. The second-order valence-corrected chi connectivity index (χ2v) is 7.06. The van der Waals surface area contributed by atoms with Crippen LogP contribution in [0.1, 0.15) is 17.3 Å². The second kappa shape index (κ2) is 8.75. The van der Waals surface area contributed by atoms with Crippen LogP contribution in [0.2, 0.25) is 5.02 Å². The van der Waals surface area contributed by atoms with Gasteiger partial charge in [0.25, 0.3) is 5.91 Å². The van der Waals surface area contributed by atoms with Crippen LogP contribution in [-0.4, -0.2) is 38.8 Å². The van der Waals surface area contributed by atoms with E-state index in [1.807, 2.05) is 25.1 Å². The average molecular weight is 440 g/mol. The number of ether oxygens (including phenoxy) is 2. The van der Waals surface area contributed by atoms with E-state index in [1.165, 1.54) is 0 Å². The van der Waals surface area contributed by atoms with E-state index in [1.54, 1.807) is 18.2 Å². The lowest BCUT2D eigenvalue weighted by molar-refractivity contribution is 0.102. The Kier molecular flexibility index (Phi) is 6.40. The van der Waals surface area contributed by atoms with Gasteiger partial charge in [0.2, 0.25) is 0 Å². The second-order valence-electron chi connectivity index (χ2n) is 5.80. The van der Waals surface area contributed by atoms with Gasteiger partial charge in [0.1, 0.15) is 5.75 Å². The highest BCUT2D eigenvalue weighted by molar-refractivity contribution is 9.10. The van der Waals surface area contributed by atoms with Crippen molar-refractivity contribution in [2.24, 2.45) is 0 Å². The highest BCUT2D eigenvalue weighted by Gasteiger charge is 2.15. The molecule has 0 atom stereocenters. The van der Waals surface area contributed by atoms with Crippen LogP contribution in [0.5, 0.6) is 5.75 Å². The molecule has 1 saturated heterocycles.